The molecule has 154 valence electrons. The molecule has 5 rings (SSSR count). The summed E-state index contributed by atoms with van der Waals surface area (Å²) in [5.41, 5.74) is 0.274. The lowest BCUT2D eigenvalue weighted by molar-refractivity contribution is -0.127. The van der Waals surface area contributed by atoms with Gasteiger partial charge in [0.15, 0.2) is 0 Å². The van der Waals surface area contributed by atoms with Gasteiger partial charge in [-0.2, -0.15) is 0 Å². The van der Waals surface area contributed by atoms with E-state index >= 15 is 0 Å². The highest BCUT2D eigenvalue weighted by Crippen LogP contribution is 2.72. The van der Waals surface area contributed by atoms with Crippen LogP contribution >= 0.6 is 39.1 Å². The number of allylic oxidation sites excluding steroid dienone is 2. The number of alkyl halides is 2. The zero-order valence-electron chi connectivity index (χ0n) is 16.1. The van der Waals surface area contributed by atoms with Gasteiger partial charge in [0.25, 0.3) is 0 Å². The van der Waals surface area contributed by atoms with E-state index in [4.69, 9.17) is 23.2 Å². The van der Waals surface area contributed by atoms with Crippen LogP contribution in [0.2, 0.25) is 0 Å². The molecule has 2 N–H and O–H groups in total. The first kappa shape index (κ1) is 19.9. The zero-order chi connectivity index (χ0) is 20.6. The Morgan fingerprint density at radius 3 is 2.34 bits per heavy atom. The van der Waals surface area contributed by atoms with Crippen LogP contribution in [0.5, 0.6) is 0 Å². The fraction of sp³-hybridized carbons (Fsp3) is 0.545. The first-order valence-electron chi connectivity index (χ1n) is 10.1. The van der Waals surface area contributed by atoms with E-state index in [9.17, 15) is 9.59 Å². The molecular weight excluding hydrogens is 475 g/mol. The smallest absolute Gasteiger partial charge is 0.229 e. The van der Waals surface area contributed by atoms with Gasteiger partial charge in [0.2, 0.25) is 11.8 Å². The van der Waals surface area contributed by atoms with E-state index in [2.05, 4.69) is 38.7 Å². The molecule has 7 heteroatoms. The lowest BCUT2D eigenvalue weighted by Crippen LogP contribution is -2.42. The van der Waals surface area contributed by atoms with Crippen LogP contribution < -0.4 is 10.6 Å². The molecule has 0 radical (unpaired) electrons. The van der Waals surface area contributed by atoms with Gasteiger partial charge in [0, 0.05) is 16.7 Å². The quantitative estimate of drug-likeness (QED) is 0.448. The fourth-order valence-electron chi connectivity index (χ4n) is 5.61. The second kappa shape index (κ2) is 6.48. The number of carbonyl (C=O) groups excluding carboxylic acids is 2. The first-order chi connectivity index (χ1) is 13.7. The molecule has 1 aromatic rings. The topological polar surface area (TPSA) is 58.2 Å². The van der Waals surface area contributed by atoms with Gasteiger partial charge in [-0.3, -0.25) is 9.59 Å². The third-order valence-electron chi connectivity index (χ3n) is 7.66. The maximum atomic E-state index is 13.3. The van der Waals surface area contributed by atoms with Crippen molar-refractivity contribution in [2.45, 2.75) is 30.5 Å². The molecule has 3 saturated carbocycles. The van der Waals surface area contributed by atoms with E-state index < -0.39 is 9.75 Å². The molecule has 0 aliphatic heterocycles. The van der Waals surface area contributed by atoms with Gasteiger partial charge < -0.3 is 10.6 Å². The zero-order valence-corrected chi connectivity index (χ0v) is 19.2. The van der Waals surface area contributed by atoms with Crippen molar-refractivity contribution in [1.82, 2.24) is 5.32 Å². The maximum absolute atomic E-state index is 13.3. The van der Waals surface area contributed by atoms with E-state index in [1.54, 1.807) is 6.92 Å². The minimum absolute atomic E-state index is 0.0383. The molecule has 4 nitrogen and oxygen atoms in total. The molecule has 3 fully saturated rings. The summed E-state index contributed by atoms with van der Waals surface area (Å²) in [6.45, 7) is 2.27. The van der Waals surface area contributed by atoms with Crippen molar-refractivity contribution in [2.24, 2.45) is 34.5 Å². The van der Waals surface area contributed by atoms with Crippen LogP contribution in [0, 0.1) is 34.5 Å². The van der Waals surface area contributed by atoms with E-state index in [0.717, 1.165) is 23.0 Å². The van der Waals surface area contributed by atoms with Gasteiger partial charge >= 0.3 is 0 Å². The SMILES string of the molecule is CC1(C(=O)NC[C@H]2[C@H](C(=O)Nc3ccc(Br)cc3)[C@@H]3C=C[C@H]2C32CC2)CC1(Cl)Cl. The van der Waals surface area contributed by atoms with Crippen molar-refractivity contribution in [3.63, 3.8) is 0 Å². The van der Waals surface area contributed by atoms with Crippen LogP contribution in [0.4, 0.5) is 5.69 Å². The summed E-state index contributed by atoms with van der Waals surface area (Å²) in [4.78, 5) is 25.9. The van der Waals surface area contributed by atoms with Crippen molar-refractivity contribution in [3.8, 4) is 0 Å². The molecule has 0 heterocycles. The number of halogens is 3. The Morgan fingerprint density at radius 1 is 1.14 bits per heavy atom. The number of amides is 2. The summed E-state index contributed by atoms with van der Waals surface area (Å²) in [5, 5.41) is 6.15. The van der Waals surface area contributed by atoms with Crippen LogP contribution in [0.25, 0.3) is 0 Å². The van der Waals surface area contributed by atoms with Crippen molar-refractivity contribution in [1.29, 1.82) is 0 Å². The Balaban J connectivity index is 1.32. The van der Waals surface area contributed by atoms with Gasteiger partial charge in [-0.05, 0) is 73.6 Å². The number of hydrogen-bond donors (Lipinski definition) is 2. The number of rotatable bonds is 5. The summed E-state index contributed by atoms with van der Waals surface area (Å²) in [6.07, 6.45) is 7.28. The largest absolute Gasteiger partial charge is 0.355 e. The predicted octanol–water partition coefficient (Wildman–Crippen LogP) is 4.92. The average molecular weight is 498 g/mol. The second-order valence-electron chi connectivity index (χ2n) is 9.28. The second-order valence-corrected chi connectivity index (χ2v) is 11.7. The first-order valence-corrected chi connectivity index (χ1v) is 11.6. The Morgan fingerprint density at radius 2 is 1.76 bits per heavy atom. The molecule has 1 unspecified atom stereocenters. The van der Waals surface area contributed by atoms with Crippen molar-refractivity contribution >= 4 is 56.6 Å². The third kappa shape index (κ3) is 2.99. The Kier molecular flexibility index (Phi) is 4.44. The molecule has 4 aliphatic carbocycles. The molecule has 1 aromatic carbocycles. The Bertz CT molecular complexity index is 912. The minimum Gasteiger partial charge on any atom is -0.355 e. The highest BCUT2D eigenvalue weighted by molar-refractivity contribution is 9.10. The Labute approximate surface area is 188 Å². The fourth-order valence-corrected chi connectivity index (χ4v) is 6.58. The van der Waals surface area contributed by atoms with Crippen molar-refractivity contribution in [3.05, 3.63) is 40.9 Å². The molecule has 29 heavy (non-hydrogen) atoms. The Hall–Kier alpha value is -1.04. The summed E-state index contributed by atoms with van der Waals surface area (Å²) in [5.74, 6) is 0.468. The van der Waals surface area contributed by atoms with Crippen molar-refractivity contribution < 1.29 is 9.59 Å². The van der Waals surface area contributed by atoms with Crippen LogP contribution in [-0.4, -0.2) is 22.7 Å². The number of hydrogen-bond acceptors (Lipinski definition) is 2. The predicted molar refractivity (Wildman–Crippen MR) is 118 cm³/mol. The maximum Gasteiger partial charge on any atom is 0.229 e. The van der Waals surface area contributed by atoms with Crippen LogP contribution in [0.3, 0.4) is 0 Å². The number of benzene rings is 1. The number of carbonyl (C=O) groups is 2. The molecule has 2 bridgehead atoms. The van der Waals surface area contributed by atoms with Crippen LogP contribution in [-0.2, 0) is 9.59 Å². The van der Waals surface area contributed by atoms with E-state index in [1.807, 2.05) is 24.3 Å². The summed E-state index contributed by atoms with van der Waals surface area (Å²) in [7, 11) is 0. The van der Waals surface area contributed by atoms with Gasteiger partial charge in [-0.1, -0.05) is 28.1 Å². The standard InChI is InChI=1S/C22H23BrCl2N2O2/c1-20(11-22(20,24)25)19(29)26-10-14-15-6-7-16(21(15)8-9-21)17(14)18(28)27-13-4-2-12(23)3-5-13/h2-7,14-17H,8-11H2,1H3,(H,26,29)(H,27,28)/t14-,15-,16+,17+,20?/m1/s1. The summed E-state index contributed by atoms with van der Waals surface area (Å²) in [6, 6.07) is 7.61. The van der Waals surface area contributed by atoms with Gasteiger partial charge in [-0.25, -0.2) is 0 Å². The summed E-state index contributed by atoms with van der Waals surface area (Å²) >= 11 is 15.7. The molecule has 2 amide bonds. The minimum atomic E-state index is -0.984. The highest BCUT2D eigenvalue weighted by Gasteiger charge is 2.70. The highest BCUT2D eigenvalue weighted by atomic mass is 79.9. The monoisotopic (exact) mass is 496 g/mol. The molecular formula is C22H23BrCl2N2O2. The van der Waals surface area contributed by atoms with Crippen LogP contribution in [0.15, 0.2) is 40.9 Å². The van der Waals surface area contributed by atoms with Crippen LogP contribution in [0.1, 0.15) is 26.2 Å². The summed E-state index contributed by atoms with van der Waals surface area (Å²) < 4.78 is -0.0130. The molecule has 5 atom stereocenters. The number of nitrogens with one attached hydrogen (secondary N) is 2. The van der Waals surface area contributed by atoms with E-state index in [1.165, 1.54) is 0 Å². The van der Waals surface area contributed by atoms with Gasteiger partial charge in [0.1, 0.15) is 4.33 Å². The molecule has 0 aromatic heterocycles. The lowest BCUT2D eigenvalue weighted by Gasteiger charge is -2.28. The molecule has 0 saturated heterocycles. The number of anilines is 1. The van der Waals surface area contributed by atoms with Gasteiger partial charge in [0.05, 0.1) is 11.3 Å². The van der Waals surface area contributed by atoms with E-state index in [0.29, 0.717) is 18.9 Å². The molecule has 1 spiro atoms. The lowest BCUT2D eigenvalue weighted by atomic mass is 9.82. The van der Waals surface area contributed by atoms with E-state index in [-0.39, 0.29) is 35.0 Å². The average Bonchev–Trinajstić information content (AvgIpc) is 3.49. The van der Waals surface area contributed by atoms with Crippen molar-refractivity contribution in [2.75, 3.05) is 11.9 Å². The van der Waals surface area contributed by atoms with Gasteiger partial charge in [-0.15, -0.1) is 23.2 Å². The normalized spacial score (nSPS) is 36.8. The molecule has 4 aliphatic rings. The third-order valence-corrected chi connectivity index (χ3v) is 9.29.